The van der Waals surface area contributed by atoms with Crippen LogP contribution in [0.15, 0.2) is 0 Å². The second-order valence-corrected chi connectivity index (χ2v) is 11.7. The average molecular weight is 665 g/mol. The van der Waals surface area contributed by atoms with Crippen LogP contribution in [0.2, 0.25) is 0 Å². The van der Waals surface area contributed by atoms with Gasteiger partial charge in [-0.1, -0.05) is 25.7 Å². The van der Waals surface area contributed by atoms with Crippen LogP contribution in [-0.4, -0.2) is 0 Å². The van der Waals surface area contributed by atoms with Gasteiger partial charge in [0.15, 0.2) is 46.5 Å². The van der Waals surface area contributed by atoms with Gasteiger partial charge in [-0.3, -0.25) is 0 Å². The van der Waals surface area contributed by atoms with Gasteiger partial charge in [0.1, 0.15) is 0 Å². The first kappa shape index (κ1) is 36.2. The molecule has 0 radical (unpaired) electrons. The molecule has 2 aromatic rings. The van der Waals surface area contributed by atoms with E-state index in [1.54, 1.807) is 0 Å². The molecule has 2 aliphatic rings. The van der Waals surface area contributed by atoms with Crippen molar-refractivity contribution >= 4 is 17.0 Å². The molecule has 37 heavy (non-hydrogen) atoms. The first-order chi connectivity index (χ1) is 16.5. The zero-order chi connectivity index (χ0) is 26.4. The number of rotatable bonds is 2. The number of benzene rings is 2. The van der Waals surface area contributed by atoms with Gasteiger partial charge in [-0.05, 0) is 37.5 Å². The van der Waals surface area contributed by atoms with Crippen LogP contribution < -0.4 is 0 Å². The topological polar surface area (TPSA) is 0 Å². The Kier molecular flexibility index (Phi) is 16.0. The minimum atomic E-state index is -2.09. The van der Waals surface area contributed by atoms with Gasteiger partial charge in [0.2, 0.25) is 11.6 Å². The van der Waals surface area contributed by atoms with Gasteiger partial charge in [0, 0.05) is 11.1 Å². The minimum absolute atomic E-state index is 0. The fraction of sp³-hybridized carbons (Fsp3) is 0.417. The maximum absolute atomic E-state index is 13.3. The van der Waals surface area contributed by atoms with E-state index in [1.165, 1.54) is 0 Å². The van der Waals surface area contributed by atoms with Crippen molar-refractivity contribution in [3.63, 3.8) is 0 Å². The molecular weight excluding hydrogens is 640 g/mol. The molecule has 2 aromatic carbocycles. The maximum atomic E-state index is 13.3. The van der Waals surface area contributed by atoms with E-state index in [-0.39, 0.29) is 14.9 Å². The number of hydrogen-bond acceptors (Lipinski definition) is 0. The molecule has 0 spiro atoms. The third-order valence-electron chi connectivity index (χ3n) is 6.01. The second-order valence-electron chi connectivity index (χ2n) is 8.00. The Balaban J connectivity index is 0.000000604. The molecule has 0 bridgehead atoms. The summed E-state index contributed by atoms with van der Waals surface area (Å²) in [4.78, 5) is 0. The molecule has 0 atom stereocenters. The molecule has 0 saturated heterocycles. The van der Waals surface area contributed by atoms with Crippen LogP contribution in [0.25, 0.3) is 0 Å². The molecule has 2 saturated carbocycles. The fourth-order valence-corrected chi connectivity index (χ4v) is 4.39. The van der Waals surface area contributed by atoms with Crippen molar-refractivity contribution in [3.8, 4) is 0 Å². The zero-order valence-electron chi connectivity index (χ0n) is 19.8. The summed E-state index contributed by atoms with van der Waals surface area (Å²) in [5, 5.41) is 0. The SMILES string of the molecule is Fc1c(F)c(F)c(C2CCCC2)c(F)c1F.Fc1c(F)c(F)c(C2CCCC2)c(F)c1F.[CH3-].[CH3-].[Cl][Zr+2][Cl]. The van der Waals surface area contributed by atoms with Gasteiger partial charge in [-0.25, -0.2) is 43.9 Å². The van der Waals surface area contributed by atoms with Crippen molar-refractivity contribution in [3.05, 3.63) is 84.2 Å². The van der Waals surface area contributed by atoms with E-state index in [2.05, 4.69) is 0 Å². The summed E-state index contributed by atoms with van der Waals surface area (Å²) < 4.78 is 130. The van der Waals surface area contributed by atoms with E-state index in [4.69, 9.17) is 17.0 Å². The fourth-order valence-electron chi connectivity index (χ4n) is 4.39. The molecule has 2 fully saturated rings. The van der Waals surface area contributed by atoms with Crippen molar-refractivity contribution in [2.75, 3.05) is 0 Å². The predicted octanol–water partition coefficient (Wildman–Crippen LogP) is 10.4. The molecule has 0 amide bonds. The molecule has 0 aliphatic heterocycles. The van der Waals surface area contributed by atoms with E-state index in [1.807, 2.05) is 0 Å². The molecule has 4 rings (SSSR count). The quantitative estimate of drug-likeness (QED) is 0.130. The third-order valence-corrected chi connectivity index (χ3v) is 6.01. The summed E-state index contributed by atoms with van der Waals surface area (Å²) >= 11 is -0.826. The average Bonchev–Trinajstić information content (AvgIpc) is 3.55. The number of hydrogen-bond donors (Lipinski definition) is 0. The summed E-state index contributed by atoms with van der Waals surface area (Å²) in [5.41, 5.74) is -1.29. The van der Waals surface area contributed by atoms with Crippen molar-refractivity contribution in [1.82, 2.24) is 0 Å². The van der Waals surface area contributed by atoms with Crippen LogP contribution in [0.5, 0.6) is 0 Å². The van der Waals surface area contributed by atoms with Crippen LogP contribution in [-0.2, 0) is 20.8 Å². The van der Waals surface area contributed by atoms with Gasteiger partial charge in [0.25, 0.3) is 0 Å². The van der Waals surface area contributed by atoms with E-state index in [0.717, 1.165) is 25.7 Å². The van der Waals surface area contributed by atoms with Gasteiger partial charge < -0.3 is 14.9 Å². The van der Waals surface area contributed by atoms with Gasteiger partial charge in [0.05, 0.1) is 0 Å². The first-order valence-corrected chi connectivity index (χ1v) is 16.8. The Labute approximate surface area is 228 Å². The van der Waals surface area contributed by atoms with E-state index in [0.29, 0.717) is 25.7 Å². The van der Waals surface area contributed by atoms with Crippen LogP contribution in [0.4, 0.5) is 43.9 Å². The predicted molar refractivity (Wildman–Crippen MR) is 119 cm³/mol. The van der Waals surface area contributed by atoms with E-state index >= 15 is 0 Å². The van der Waals surface area contributed by atoms with Crippen molar-refractivity contribution in [1.29, 1.82) is 0 Å². The summed E-state index contributed by atoms with van der Waals surface area (Å²) in [6, 6.07) is 0. The van der Waals surface area contributed by atoms with Crippen molar-refractivity contribution < 1.29 is 64.8 Å². The van der Waals surface area contributed by atoms with E-state index < -0.39 is 102 Å². The number of halogens is 12. The first-order valence-electron chi connectivity index (χ1n) is 10.5. The van der Waals surface area contributed by atoms with Gasteiger partial charge in [-0.2, -0.15) is 0 Å². The standard InChI is InChI=1S/2C11H9F5.2CH3.2ClH.Zr/c2*12-7-6(5-3-1-2-4-5)8(13)10(15)11(16)9(7)14;;;;;/h2*5H,1-4H2;2*1H3;2*1H;/q;;2*-1;;;+4/p-2. The Morgan fingerprint density at radius 1 is 0.405 bits per heavy atom. The second kappa shape index (κ2) is 16.3. The molecule has 0 N–H and O–H groups in total. The Morgan fingerprint density at radius 3 is 0.757 bits per heavy atom. The molecule has 2 aliphatic carbocycles. The van der Waals surface area contributed by atoms with Crippen LogP contribution in [0, 0.1) is 73.0 Å². The Morgan fingerprint density at radius 2 is 0.568 bits per heavy atom. The summed E-state index contributed by atoms with van der Waals surface area (Å²) in [5.74, 6) is -19.4. The molecule has 0 nitrogen and oxygen atoms in total. The molecule has 208 valence electrons. The molecule has 0 heterocycles. The van der Waals surface area contributed by atoms with E-state index in [9.17, 15) is 43.9 Å². The molecular formula is C24H24Cl2F10Zr. The molecule has 13 heteroatoms. The summed E-state index contributed by atoms with van der Waals surface area (Å²) in [6.07, 6.45) is 4.90. The Bertz CT molecular complexity index is 900. The zero-order valence-corrected chi connectivity index (χ0v) is 23.8. The summed E-state index contributed by atoms with van der Waals surface area (Å²) in [6.45, 7) is 0. The van der Waals surface area contributed by atoms with Crippen LogP contribution in [0.3, 0.4) is 0 Å². The van der Waals surface area contributed by atoms with Crippen LogP contribution in [0.1, 0.15) is 74.3 Å². The normalized spacial score (nSPS) is 15.0. The Hall–Kier alpha value is -0.797. The van der Waals surface area contributed by atoms with Crippen molar-refractivity contribution in [2.24, 2.45) is 0 Å². The summed E-state index contributed by atoms with van der Waals surface area (Å²) in [7, 11) is 9.87. The van der Waals surface area contributed by atoms with Gasteiger partial charge in [-0.15, -0.1) is 0 Å². The molecule has 0 aromatic heterocycles. The molecule has 0 unspecified atom stereocenters. The van der Waals surface area contributed by atoms with Crippen LogP contribution >= 0.6 is 17.0 Å². The van der Waals surface area contributed by atoms with Gasteiger partial charge >= 0.3 is 37.9 Å². The van der Waals surface area contributed by atoms with Crippen molar-refractivity contribution in [2.45, 2.75) is 63.2 Å². The monoisotopic (exact) mass is 662 g/mol. The third kappa shape index (κ3) is 8.10.